The lowest BCUT2D eigenvalue weighted by Crippen LogP contribution is -2.51. The lowest BCUT2D eigenvalue weighted by atomic mass is 10.1. The number of nitrogens with one attached hydrogen (secondary N) is 1. The molecule has 0 saturated carbocycles. The molecule has 1 N–H and O–H groups in total. The first-order valence-corrected chi connectivity index (χ1v) is 9.34. The molecule has 2 amide bonds. The number of methoxy groups -OCH3 is 1. The molecule has 1 unspecified atom stereocenters. The van der Waals surface area contributed by atoms with Crippen molar-refractivity contribution < 1.29 is 19.1 Å². The highest BCUT2D eigenvalue weighted by Crippen LogP contribution is 2.13. The zero-order chi connectivity index (χ0) is 19.8. The summed E-state index contributed by atoms with van der Waals surface area (Å²) in [5.74, 6) is -0.207. The van der Waals surface area contributed by atoms with E-state index in [0.717, 1.165) is 18.7 Å². The number of ether oxygens (including phenoxy) is 1. The van der Waals surface area contributed by atoms with Crippen molar-refractivity contribution in [1.29, 1.82) is 0 Å². The SMILES string of the molecule is CNC(=O)c1cccc(CCC(=O)N2CCN(C(C)CC(=O)OC)CC2)c1. The summed E-state index contributed by atoms with van der Waals surface area (Å²) in [6.07, 6.45) is 1.41. The molecule has 0 aromatic heterocycles. The molecule has 7 heteroatoms. The Morgan fingerprint density at radius 3 is 2.52 bits per heavy atom. The number of nitrogens with zero attached hydrogens (tertiary/aromatic N) is 2. The van der Waals surface area contributed by atoms with E-state index in [1.807, 2.05) is 30.0 Å². The van der Waals surface area contributed by atoms with Gasteiger partial charge in [0.2, 0.25) is 5.91 Å². The van der Waals surface area contributed by atoms with E-state index in [9.17, 15) is 14.4 Å². The number of piperazine rings is 1. The van der Waals surface area contributed by atoms with Gasteiger partial charge in [-0.25, -0.2) is 0 Å². The second kappa shape index (κ2) is 10.1. The topological polar surface area (TPSA) is 79.0 Å². The summed E-state index contributed by atoms with van der Waals surface area (Å²) in [6.45, 7) is 4.87. The van der Waals surface area contributed by atoms with E-state index >= 15 is 0 Å². The second-order valence-corrected chi connectivity index (χ2v) is 6.83. The van der Waals surface area contributed by atoms with Crippen molar-refractivity contribution in [2.45, 2.75) is 32.2 Å². The van der Waals surface area contributed by atoms with Gasteiger partial charge in [-0.1, -0.05) is 12.1 Å². The van der Waals surface area contributed by atoms with Crippen molar-refractivity contribution in [3.8, 4) is 0 Å². The van der Waals surface area contributed by atoms with Gasteiger partial charge in [0, 0.05) is 51.3 Å². The lowest BCUT2D eigenvalue weighted by Gasteiger charge is -2.37. The minimum atomic E-state index is -0.208. The van der Waals surface area contributed by atoms with Crippen molar-refractivity contribution >= 4 is 17.8 Å². The fourth-order valence-corrected chi connectivity index (χ4v) is 3.29. The van der Waals surface area contributed by atoms with Crippen LogP contribution >= 0.6 is 0 Å². The molecule has 0 radical (unpaired) electrons. The van der Waals surface area contributed by atoms with Crippen molar-refractivity contribution in [3.63, 3.8) is 0 Å². The van der Waals surface area contributed by atoms with Crippen molar-refractivity contribution in [2.75, 3.05) is 40.3 Å². The highest BCUT2D eigenvalue weighted by molar-refractivity contribution is 5.94. The largest absolute Gasteiger partial charge is 0.469 e. The standard InChI is InChI=1S/C20H29N3O4/c1-15(13-19(25)27-3)22-9-11-23(12-10-22)18(24)8-7-16-5-4-6-17(14-16)20(26)21-2/h4-6,14-15H,7-13H2,1-3H3,(H,21,26). The first-order chi connectivity index (χ1) is 12.9. The van der Waals surface area contributed by atoms with Gasteiger partial charge < -0.3 is 15.0 Å². The van der Waals surface area contributed by atoms with Gasteiger partial charge in [0.25, 0.3) is 5.91 Å². The minimum Gasteiger partial charge on any atom is -0.469 e. The molecule has 1 aliphatic heterocycles. The molecule has 1 saturated heterocycles. The summed E-state index contributed by atoms with van der Waals surface area (Å²) in [5.41, 5.74) is 1.59. The number of hydrogen-bond donors (Lipinski definition) is 1. The molecule has 27 heavy (non-hydrogen) atoms. The van der Waals surface area contributed by atoms with Crippen LogP contribution in [0.2, 0.25) is 0 Å². The monoisotopic (exact) mass is 375 g/mol. The molecule has 1 fully saturated rings. The van der Waals surface area contributed by atoms with Gasteiger partial charge in [0.05, 0.1) is 13.5 Å². The molecule has 2 rings (SSSR count). The van der Waals surface area contributed by atoms with Crippen LogP contribution in [0, 0.1) is 0 Å². The van der Waals surface area contributed by atoms with Crippen LogP contribution in [0.15, 0.2) is 24.3 Å². The minimum absolute atomic E-state index is 0.113. The molecule has 148 valence electrons. The van der Waals surface area contributed by atoms with Gasteiger partial charge in [-0.05, 0) is 31.0 Å². The number of amides is 2. The summed E-state index contributed by atoms with van der Waals surface area (Å²) in [4.78, 5) is 39.7. The van der Waals surface area contributed by atoms with Crippen molar-refractivity contribution in [2.24, 2.45) is 0 Å². The van der Waals surface area contributed by atoms with Gasteiger partial charge in [0.15, 0.2) is 0 Å². The van der Waals surface area contributed by atoms with Crippen LogP contribution in [-0.4, -0.2) is 74.0 Å². The maximum Gasteiger partial charge on any atom is 0.307 e. The van der Waals surface area contributed by atoms with Crippen LogP contribution in [-0.2, 0) is 20.7 Å². The summed E-state index contributed by atoms with van der Waals surface area (Å²) < 4.78 is 4.72. The third-order valence-corrected chi connectivity index (χ3v) is 5.02. The van der Waals surface area contributed by atoms with Gasteiger partial charge >= 0.3 is 5.97 Å². The number of carbonyl (C=O) groups excluding carboxylic acids is 3. The van der Waals surface area contributed by atoms with Crippen LogP contribution in [0.1, 0.15) is 35.7 Å². The summed E-state index contributed by atoms with van der Waals surface area (Å²) in [7, 11) is 3.00. The molecule has 1 atom stereocenters. The van der Waals surface area contributed by atoms with Gasteiger partial charge in [-0.2, -0.15) is 0 Å². The molecule has 7 nitrogen and oxygen atoms in total. The Kier molecular flexibility index (Phi) is 7.79. The molecule has 1 aromatic rings. The maximum atomic E-state index is 12.5. The predicted octanol–water partition coefficient (Wildman–Crippen LogP) is 1.07. The summed E-state index contributed by atoms with van der Waals surface area (Å²) in [5, 5.41) is 2.61. The van der Waals surface area contributed by atoms with E-state index in [0.29, 0.717) is 37.9 Å². The van der Waals surface area contributed by atoms with E-state index in [4.69, 9.17) is 4.74 Å². The number of hydrogen-bond acceptors (Lipinski definition) is 5. The predicted molar refractivity (Wildman–Crippen MR) is 102 cm³/mol. The fraction of sp³-hybridized carbons (Fsp3) is 0.550. The molecule has 0 bridgehead atoms. The zero-order valence-electron chi connectivity index (χ0n) is 16.4. The third kappa shape index (κ3) is 6.06. The van der Waals surface area contributed by atoms with Crippen LogP contribution in [0.4, 0.5) is 0 Å². The molecular weight excluding hydrogens is 346 g/mol. The highest BCUT2D eigenvalue weighted by atomic mass is 16.5. The highest BCUT2D eigenvalue weighted by Gasteiger charge is 2.25. The normalized spacial score (nSPS) is 15.9. The Bertz CT molecular complexity index is 669. The first-order valence-electron chi connectivity index (χ1n) is 9.34. The molecule has 1 aromatic carbocycles. The van der Waals surface area contributed by atoms with Crippen LogP contribution < -0.4 is 5.32 Å². The molecule has 1 heterocycles. The average molecular weight is 375 g/mol. The lowest BCUT2D eigenvalue weighted by molar-refractivity contribution is -0.142. The van der Waals surface area contributed by atoms with Crippen molar-refractivity contribution in [3.05, 3.63) is 35.4 Å². The Hall–Kier alpha value is -2.41. The number of rotatable bonds is 7. The molecule has 1 aliphatic rings. The Labute approximate surface area is 160 Å². The van der Waals surface area contributed by atoms with Crippen molar-refractivity contribution in [1.82, 2.24) is 15.1 Å². The number of aryl methyl sites for hydroxylation is 1. The summed E-state index contributed by atoms with van der Waals surface area (Å²) in [6, 6.07) is 7.48. The third-order valence-electron chi connectivity index (χ3n) is 5.02. The number of esters is 1. The average Bonchev–Trinajstić information content (AvgIpc) is 2.71. The quantitative estimate of drug-likeness (QED) is 0.722. The Morgan fingerprint density at radius 1 is 1.19 bits per heavy atom. The molecule has 0 aliphatic carbocycles. The Balaban J connectivity index is 1.79. The summed E-state index contributed by atoms with van der Waals surface area (Å²) >= 11 is 0. The molecule has 0 spiro atoms. The van der Waals surface area contributed by atoms with Gasteiger partial charge in [-0.15, -0.1) is 0 Å². The van der Waals surface area contributed by atoms with Crippen LogP contribution in [0.25, 0.3) is 0 Å². The Morgan fingerprint density at radius 2 is 1.89 bits per heavy atom. The van der Waals surface area contributed by atoms with Gasteiger partial charge in [-0.3, -0.25) is 19.3 Å². The van der Waals surface area contributed by atoms with Gasteiger partial charge in [0.1, 0.15) is 0 Å². The maximum absolute atomic E-state index is 12.5. The van der Waals surface area contributed by atoms with E-state index < -0.39 is 0 Å². The second-order valence-electron chi connectivity index (χ2n) is 6.83. The van der Waals surface area contributed by atoms with E-state index in [1.54, 1.807) is 13.1 Å². The van der Waals surface area contributed by atoms with E-state index in [1.165, 1.54) is 7.11 Å². The first kappa shape index (κ1) is 20.9. The van der Waals surface area contributed by atoms with Crippen LogP contribution in [0.3, 0.4) is 0 Å². The molecular formula is C20H29N3O4. The number of carbonyl (C=O) groups is 3. The zero-order valence-corrected chi connectivity index (χ0v) is 16.4. The van der Waals surface area contributed by atoms with E-state index in [2.05, 4.69) is 10.2 Å². The fourth-order valence-electron chi connectivity index (χ4n) is 3.29. The smallest absolute Gasteiger partial charge is 0.307 e. The number of benzene rings is 1. The van der Waals surface area contributed by atoms with E-state index in [-0.39, 0.29) is 23.8 Å². The van der Waals surface area contributed by atoms with Crippen LogP contribution in [0.5, 0.6) is 0 Å².